The van der Waals surface area contributed by atoms with Gasteiger partial charge in [-0.15, -0.1) is 0 Å². The zero-order valence-electron chi connectivity index (χ0n) is 16.3. The number of hydrogen-bond acceptors (Lipinski definition) is 4. The quantitative estimate of drug-likeness (QED) is 0.791. The molecule has 0 bridgehead atoms. The van der Waals surface area contributed by atoms with Crippen LogP contribution in [-0.2, 0) is 4.79 Å². The van der Waals surface area contributed by atoms with Crippen molar-refractivity contribution in [3.8, 4) is 0 Å². The van der Waals surface area contributed by atoms with Gasteiger partial charge >= 0.3 is 5.97 Å². The number of rotatable bonds is 6. The second-order valence-electron chi connectivity index (χ2n) is 7.45. The number of nitrogens with zero attached hydrogens (tertiary/aromatic N) is 2. The Hall–Kier alpha value is -1.98. The van der Waals surface area contributed by atoms with Crippen molar-refractivity contribution in [2.24, 2.45) is 0 Å². The van der Waals surface area contributed by atoms with Crippen LogP contribution >= 0.6 is 11.8 Å². The van der Waals surface area contributed by atoms with E-state index < -0.39 is 5.97 Å². The molecule has 3 rings (SSSR count). The number of para-hydroxylation sites is 1. The van der Waals surface area contributed by atoms with Crippen molar-refractivity contribution >= 4 is 23.4 Å². The molecule has 0 saturated carbocycles. The summed E-state index contributed by atoms with van der Waals surface area (Å²) < 4.78 is 0. The van der Waals surface area contributed by atoms with Gasteiger partial charge in [0.2, 0.25) is 0 Å². The van der Waals surface area contributed by atoms with Gasteiger partial charge < -0.3 is 10.0 Å². The van der Waals surface area contributed by atoms with E-state index in [0.29, 0.717) is 5.92 Å². The van der Waals surface area contributed by atoms with Gasteiger partial charge in [-0.05, 0) is 42.7 Å². The van der Waals surface area contributed by atoms with Crippen LogP contribution in [0, 0.1) is 0 Å². The number of carbonyl (C=O) groups is 1. The first-order valence-electron chi connectivity index (χ1n) is 9.51. The highest BCUT2D eigenvalue weighted by Crippen LogP contribution is 2.36. The summed E-state index contributed by atoms with van der Waals surface area (Å²) in [4.78, 5) is 17.9. The molecule has 27 heavy (non-hydrogen) atoms. The van der Waals surface area contributed by atoms with Crippen LogP contribution in [0.4, 0.5) is 5.69 Å². The maximum Gasteiger partial charge on any atom is 0.317 e. The molecule has 1 aliphatic rings. The van der Waals surface area contributed by atoms with Gasteiger partial charge in [0.25, 0.3) is 0 Å². The van der Waals surface area contributed by atoms with E-state index in [1.165, 1.54) is 21.0 Å². The Bertz CT molecular complexity index is 776. The van der Waals surface area contributed by atoms with E-state index in [9.17, 15) is 4.79 Å². The number of anilines is 1. The van der Waals surface area contributed by atoms with Crippen molar-refractivity contribution in [2.75, 3.05) is 31.1 Å². The van der Waals surface area contributed by atoms with E-state index in [2.05, 4.69) is 74.2 Å². The first kappa shape index (κ1) is 19.8. The fraction of sp³-hybridized carbons (Fsp3) is 0.409. The molecule has 5 heteroatoms. The van der Waals surface area contributed by atoms with Crippen molar-refractivity contribution in [2.45, 2.75) is 42.5 Å². The van der Waals surface area contributed by atoms with Gasteiger partial charge in [0.05, 0.1) is 12.2 Å². The highest BCUT2D eigenvalue weighted by Gasteiger charge is 2.26. The van der Waals surface area contributed by atoms with E-state index in [4.69, 9.17) is 5.11 Å². The van der Waals surface area contributed by atoms with Crippen LogP contribution in [0.5, 0.6) is 0 Å². The average Bonchev–Trinajstić information content (AvgIpc) is 2.64. The number of benzene rings is 2. The predicted molar refractivity (Wildman–Crippen MR) is 112 cm³/mol. The lowest BCUT2D eigenvalue weighted by Gasteiger charge is -2.40. The number of carboxylic acid groups (broad SMARTS) is 1. The van der Waals surface area contributed by atoms with Crippen molar-refractivity contribution in [1.29, 1.82) is 0 Å². The molecule has 1 saturated heterocycles. The molecule has 1 aliphatic heterocycles. The molecular formula is C22H28N2O2S. The minimum atomic E-state index is -0.754. The van der Waals surface area contributed by atoms with Crippen LogP contribution in [0.1, 0.15) is 32.3 Å². The van der Waals surface area contributed by atoms with Gasteiger partial charge in [-0.25, -0.2) is 0 Å². The van der Waals surface area contributed by atoms with E-state index in [0.717, 1.165) is 19.6 Å². The summed E-state index contributed by atoms with van der Waals surface area (Å²) in [6.45, 7) is 9.11. The van der Waals surface area contributed by atoms with Gasteiger partial charge in [0, 0.05) is 35.5 Å². The Kier molecular flexibility index (Phi) is 6.45. The largest absolute Gasteiger partial charge is 0.480 e. The van der Waals surface area contributed by atoms with E-state index in [-0.39, 0.29) is 12.6 Å². The summed E-state index contributed by atoms with van der Waals surface area (Å²) >= 11 is 1.79. The van der Waals surface area contributed by atoms with Crippen molar-refractivity contribution in [3.63, 3.8) is 0 Å². The maximum atomic E-state index is 11.0. The van der Waals surface area contributed by atoms with Crippen LogP contribution in [-0.4, -0.2) is 48.2 Å². The smallest absolute Gasteiger partial charge is 0.317 e. The fourth-order valence-electron chi connectivity index (χ4n) is 3.48. The van der Waals surface area contributed by atoms with Crippen molar-refractivity contribution in [1.82, 2.24) is 4.90 Å². The molecule has 4 nitrogen and oxygen atoms in total. The first-order chi connectivity index (χ1) is 12.9. The second-order valence-corrected chi connectivity index (χ2v) is 8.57. The lowest BCUT2D eigenvalue weighted by Crippen LogP contribution is -2.53. The Labute approximate surface area is 166 Å². The number of aliphatic carboxylic acids is 1. The zero-order chi connectivity index (χ0) is 19.4. The molecule has 2 aromatic rings. The Morgan fingerprint density at radius 2 is 1.85 bits per heavy atom. The van der Waals surface area contributed by atoms with Gasteiger partial charge in [-0.2, -0.15) is 0 Å². The van der Waals surface area contributed by atoms with Gasteiger partial charge in [-0.3, -0.25) is 9.69 Å². The zero-order valence-corrected chi connectivity index (χ0v) is 17.1. The molecule has 0 amide bonds. The van der Waals surface area contributed by atoms with Gasteiger partial charge in [0.1, 0.15) is 0 Å². The molecule has 0 aromatic heterocycles. The third-order valence-electron chi connectivity index (χ3n) is 5.08. The molecule has 1 N–H and O–H groups in total. The average molecular weight is 385 g/mol. The Balaban J connectivity index is 1.73. The summed E-state index contributed by atoms with van der Waals surface area (Å²) in [6, 6.07) is 17.5. The van der Waals surface area contributed by atoms with Crippen LogP contribution < -0.4 is 4.90 Å². The van der Waals surface area contributed by atoms with E-state index >= 15 is 0 Å². The van der Waals surface area contributed by atoms with Crippen LogP contribution in [0.2, 0.25) is 0 Å². The predicted octanol–water partition coefficient (Wildman–Crippen LogP) is 4.56. The summed E-state index contributed by atoms with van der Waals surface area (Å²) in [5.74, 6) is -0.212. The molecule has 1 atom stereocenters. The molecule has 2 aromatic carbocycles. The molecule has 144 valence electrons. The topological polar surface area (TPSA) is 43.8 Å². The van der Waals surface area contributed by atoms with Crippen molar-refractivity contribution < 1.29 is 9.90 Å². The Morgan fingerprint density at radius 1 is 1.15 bits per heavy atom. The number of carboxylic acids is 1. The third-order valence-corrected chi connectivity index (χ3v) is 6.16. The van der Waals surface area contributed by atoms with E-state index in [1.54, 1.807) is 11.8 Å². The lowest BCUT2D eigenvalue weighted by molar-refractivity contribution is -0.138. The molecule has 0 spiro atoms. The summed E-state index contributed by atoms with van der Waals surface area (Å²) in [7, 11) is 0. The van der Waals surface area contributed by atoms with Gasteiger partial charge in [0.15, 0.2) is 0 Å². The minimum absolute atomic E-state index is 0.119. The fourth-order valence-corrected chi connectivity index (χ4v) is 4.45. The van der Waals surface area contributed by atoms with Crippen molar-refractivity contribution in [3.05, 3.63) is 54.1 Å². The highest BCUT2D eigenvalue weighted by atomic mass is 32.2. The highest BCUT2D eigenvalue weighted by molar-refractivity contribution is 7.99. The van der Waals surface area contributed by atoms with Crippen LogP contribution in [0.3, 0.4) is 0 Å². The molecule has 1 unspecified atom stereocenters. The standard InChI is InChI=1S/C22H28N2O2S/c1-16(2)18-8-10-19(11-9-18)27-21-7-5-4-6-20(21)24-13-12-23(15-22(25)26)17(3)14-24/h4-11,16-17H,12-15H2,1-3H3,(H,25,26). The first-order valence-corrected chi connectivity index (χ1v) is 10.3. The Morgan fingerprint density at radius 3 is 2.48 bits per heavy atom. The summed E-state index contributed by atoms with van der Waals surface area (Å²) in [5.41, 5.74) is 2.59. The summed E-state index contributed by atoms with van der Waals surface area (Å²) in [5, 5.41) is 9.07. The van der Waals surface area contributed by atoms with Crippen LogP contribution in [0.15, 0.2) is 58.3 Å². The maximum absolute atomic E-state index is 11.0. The van der Waals surface area contributed by atoms with E-state index in [1.807, 2.05) is 4.90 Å². The molecule has 1 fully saturated rings. The lowest BCUT2D eigenvalue weighted by atomic mass is 10.0. The van der Waals surface area contributed by atoms with Crippen LogP contribution in [0.25, 0.3) is 0 Å². The molecule has 0 radical (unpaired) electrons. The SMILES string of the molecule is CC(C)c1ccc(Sc2ccccc2N2CCN(CC(=O)O)C(C)C2)cc1. The third kappa shape index (κ3) is 5.05. The van der Waals surface area contributed by atoms with Gasteiger partial charge in [-0.1, -0.05) is 49.9 Å². The summed E-state index contributed by atoms with van der Waals surface area (Å²) in [6.07, 6.45) is 0. The second kappa shape index (κ2) is 8.81. The monoisotopic (exact) mass is 384 g/mol. The molecule has 0 aliphatic carbocycles. The normalized spacial score (nSPS) is 18.1. The number of hydrogen-bond donors (Lipinski definition) is 1. The molecule has 1 heterocycles. The molecular weight excluding hydrogens is 356 g/mol. The number of piperazine rings is 1. The minimum Gasteiger partial charge on any atom is -0.480 e.